The fourth-order valence-corrected chi connectivity index (χ4v) is 3.73. The lowest BCUT2D eigenvalue weighted by Crippen LogP contribution is -2.17. The van der Waals surface area contributed by atoms with E-state index in [0.717, 1.165) is 5.56 Å². The van der Waals surface area contributed by atoms with Gasteiger partial charge in [0.05, 0.1) is 16.6 Å². The number of nitrogens with one attached hydrogen (secondary N) is 1. The van der Waals surface area contributed by atoms with Gasteiger partial charge < -0.3 is 15.2 Å². The van der Waals surface area contributed by atoms with E-state index in [0.29, 0.717) is 27.3 Å². The van der Waals surface area contributed by atoms with Crippen LogP contribution < -0.4 is 10.1 Å². The predicted molar refractivity (Wildman–Crippen MR) is 126 cm³/mol. The molecule has 0 bridgehead atoms. The van der Waals surface area contributed by atoms with E-state index in [-0.39, 0.29) is 17.7 Å². The highest BCUT2D eigenvalue weighted by molar-refractivity contribution is 6.35. The van der Waals surface area contributed by atoms with Gasteiger partial charge in [-0.3, -0.25) is 9.78 Å². The van der Waals surface area contributed by atoms with Crippen molar-refractivity contribution in [3.63, 3.8) is 0 Å². The van der Waals surface area contributed by atoms with Gasteiger partial charge in [-0.15, -0.1) is 0 Å². The van der Waals surface area contributed by atoms with Gasteiger partial charge in [0.2, 0.25) is 0 Å². The van der Waals surface area contributed by atoms with Gasteiger partial charge in [0.1, 0.15) is 11.3 Å². The highest BCUT2D eigenvalue weighted by Crippen LogP contribution is 2.40. The maximum Gasteiger partial charge on any atom is 0.335 e. The van der Waals surface area contributed by atoms with Crippen LogP contribution in [0.3, 0.4) is 0 Å². The number of halogens is 1. The number of aromatic nitrogens is 2. The van der Waals surface area contributed by atoms with E-state index in [1.165, 1.54) is 12.1 Å². The third-order valence-corrected chi connectivity index (χ3v) is 5.40. The molecule has 2 aromatic heterocycles. The molecule has 1 unspecified atom stereocenters. The molecule has 2 aromatic carbocycles. The first-order valence-electron chi connectivity index (χ1n) is 10.3. The lowest BCUT2D eigenvalue weighted by Gasteiger charge is -2.24. The third kappa shape index (κ3) is 4.78. The Morgan fingerprint density at radius 1 is 1.06 bits per heavy atom. The summed E-state index contributed by atoms with van der Waals surface area (Å²) in [6.45, 7) is 1.71. The van der Waals surface area contributed by atoms with Gasteiger partial charge in [-0.2, -0.15) is 0 Å². The average Bonchev–Trinajstić information content (AvgIpc) is 2.85. The molecule has 4 rings (SSSR count). The van der Waals surface area contributed by atoms with Crippen molar-refractivity contribution < 1.29 is 19.4 Å². The van der Waals surface area contributed by atoms with E-state index >= 15 is 0 Å². The number of pyridine rings is 2. The fourth-order valence-electron chi connectivity index (χ4n) is 3.46. The minimum atomic E-state index is -1.02. The van der Waals surface area contributed by atoms with Gasteiger partial charge in [-0.05, 0) is 48.0 Å². The van der Waals surface area contributed by atoms with E-state index in [1.54, 1.807) is 61.8 Å². The third-order valence-electron chi connectivity index (χ3n) is 5.09. The first-order valence-corrected chi connectivity index (χ1v) is 10.6. The molecule has 4 aromatic rings. The van der Waals surface area contributed by atoms with E-state index in [9.17, 15) is 14.7 Å². The topological polar surface area (TPSA) is 101 Å². The van der Waals surface area contributed by atoms with Crippen molar-refractivity contribution in [3.05, 3.63) is 94.8 Å². The zero-order chi connectivity index (χ0) is 23.4. The summed E-state index contributed by atoms with van der Waals surface area (Å²) in [5.74, 6) is -0.568. The van der Waals surface area contributed by atoms with Crippen molar-refractivity contribution in [1.29, 1.82) is 0 Å². The van der Waals surface area contributed by atoms with Crippen molar-refractivity contribution in [2.24, 2.45) is 0 Å². The number of carbonyl (C=O) groups is 2. The zero-order valence-corrected chi connectivity index (χ0v) is 18.4. The van der Waals surface area contributed by atoms with Crippen LogP contribution in [0, 0.1) is 0 Å². The molecule has 0 aliphatic heterocycles. The molecule has 2 N–H and O–H groups in total. The number of hydrogen-bond acceptors (Lipinski definition) is 6. The molecule has 0 fully saturated rings. The second-order valence-electron chi connectivity index (χ2n) is 7.22. The van der Waals surface area contributed by atoms with Crippen molar-refractivity contribution in [1.82, 2.24) is 9.97 Å². The zero-order valence-electron chi connectivity index (χ0n) is 17.7. The monoisotopic (exact) mass is 461 g/mol. The average molecular weight is 462 g/mol. The maximum atomic E-state index is 12.3. The molecular formula is C25H20ClN3O4. The van der Waals surface area contributed by atoms with Crippen LogP contribution in [0.1, 0.15) is 40.9 Å². The number of nitrogens with zero attached hydrogens (tertiary/aromatic N) is 2. The minimum Gasteiger partial charge on any atom is -0.478 e. The first kappa shape index (κ1) is 22.2. The Hall–Kier alpha value is -3.97. The molecule has 0 aliphatic rings. The summed E-state index contributed by atoms with van der Waals surface area (Å²) < 4.78 is 5.75. The Balaban J connectivity index is 1.93. The second kappa shape index (κ2) is 9.67. The van der Waals surface area contributed by atoms with Crippen LogP contribution in [0.2, 0.25) is 5.02 Å². The SMILES string of the molecule is CCC(=O)Oc1c(C(Nc2ccccn2)c2ccc(C(=O)O)cc2)cc(Cl)c2cccnc12. The molecule has 2 heterocycles. The van der Waals surface area contributed by atoms with Gasteiger partial charge >= 0.3 is 11.9 Å². The predicted octanol–water partition coefficient (Wildman–Crippen LogP) is 5.50. The smallest absolute Gasteiger partial charge is 0.335 e. The number of aromatic carboxylic acids is 1. The van der Waals surface area contributed by atoms with Crippen molar-refractivity contribution >= 4 is 40.3 Å². The van der Waals surface area contributed by atoms with Crippen LogP contribution in [0.4, 0.5) is 5.82 Å². The molecule has 166 valence electrons. The van der Waals surface area contributed by atoms with Crippen LogP contribution in [0.25, 0.3) is 10.9 Å². The summed E-state index contributed by atoms with van der Waals surface area (Å²) in [5, 5.41) is 13.7. The standard InChI is InChI=1S/C25H20ClN3O4/c1-2-21(30)33-24-18(14-19(26)17-6-5-13-28-23(17)24)22(29-20-7-3-4-12-27-20)15-8-10-16(11-9-15)25(31)32/h3-14,22H,2H2,1H3,(H,27,29)(H,31,32). The Labute approximate surface area is 195 Å². The number of fused-ring (bicyclic) bond motifs is 1. The molecule has 8 heteroatoms. The highest BCUT2D eigenvalue weighted by atomic mass is 35.5. The number of esters is 1. The Morgan fingerprint density at radius 2 is 1.82 bits per heavy atom. The number of rotatable bonds is 7. The number of carboxylic acid groups (broad SMARTS) is 1. The molecular weight excluding hydrogens is 442 g/mol. The Morgan fingerprint density at radius 3 is 2.48 bits per heavy atom. The van der Waals surface area contributed by atoms with Crippen LogP contribution in [0.15, 0.2) is 73.1 Å². The highest BCUT2D eigenvalue weighted by Gasteiger charge is 2.25. The molecule has 0 saturated carbocycles. The lowest BCUT2D eigenvalue weighted by atomic mass is 9.95. The van der Waals surface area contributed by atoms with E-state index in [2.05, 4.69) is 15.3 Å². The molecule has 33 heavy (non-hydrogen) atoms. The number of carbonyl (C=O) groups excluding carboxylic acids is 1. The summed E-state index contributed by atoms with van der Waals surface area (Å²) in [6.07, 6.45) is 3.44. The van der Waals surface area contributed by atoms with Gasteiger partial charge in [0, 0.05) is 29.8 Å². The van der Waals surface area contributed by atoms with Gasteiger partial charge in [0.15, 0.2) is 5.75 Å². The number of anilines is 1. The van der Waals surface area contributed by atoms with Gasteiger partial charge in [0.25, 0.3) is 0 Å². The summed E-state index contributed by atoms with van der Waals surface area (Å²) >= 11 is 6.60. The van der Waals surface area contributed by atoms with Crippen molar-refractivity contribution in [2.45, 2.75) is 19.4 Å². The molecule has 0 aliphatic carbocycles. The van der Waals surface area contributed by atoms with Gasteiger partial charge in [-0.1, -0.05) is 36.7 Å². The van der Waals surface area contributed by atoms with Crippen molar-refractivity contribution in [2.75, 3.05) is 5.32 Å². The summed E-state index contributed by atoms with van der Waals surface area (Å²) in [6, 6.07) is 16.6. The fraction of sp³-hybridized carbons (Fsp3) is 0.120. The molecule has 0 spiro atoms. The second-order valence-corrected chi connectivity index (χ2v) is 7.63. The molecule has 0 saturated heterocycles. The largest absolute Gasteiger partial charge is 0.478 e. The van der Waals surface area contributed by atoms with E-state index in [1.807, 2.05) is 6.07 Å². The van der Waals surface area contributed by atoms with Gasteiger partial charge in [-0.25, -0.2) is 9.78 Å². The first-order chi connectivity index (χ1) is 16.0. The normalized spacial score (nSPS) is 11.7. The molecule has 7 nitrogen and oxygen atoms in total. The number of carboxylic acids is 1. The van der Waals surface area contributed by atoms with E-state index in [4.69, 9.17) is 16.3 Å². The molecule has 0 amide bonds. The lowest BCUT2D eigenvalue weighted by molar-refractivity contribution is -0.133. The maximum absolute atomic E-state index is 12.3. The Kier molecular flexibility index (Phi) is 6.51. The summed E-state index contributed by atoms with van der Waals surface area (Å²) in [7, 11) is 0. The minimum absolute atomic E-state index is 0.159. The van der Waals surface area contributed by atoms with E-state index < -0.39 is 18.0 Å². The number of ether oxygens (including phenoxy) is 1. The van der Waals surface area contributed by atoms with Crippen LogP contribution in [-0.2, 0) is 4.79 Å². The van der Waals surface area contributed by atoms with Crippen LogP contribution in [0.5, 0.6) is 5.75 Å². The number of hydrogen-bond donors (Lipinski definition) is 2. The number of benzene rings is 2. The quantitative estimate of drug-likeness (QED) is 0.277. The van der Waals surface area contributed by atoms with Crippen LogP contribution in [-0.4, -0.2) is 27.0 Å². The van der Waals surface area contributed by atoms with Crippen LogP contribution >= 0.6 is 11.6 Å². The molecule has 0 radical (unpaired) electrons. The van der Waals surface area contributed by atoms with Crippen molar-refractivity contribution in [3.8, 4) is 5.75 Å². The molecule has 1 atom stereocenters. The summed E-state index contributed by atoms with van der Waals surface area (Å²) in [4.78, 5) is 32.4. The Bertz CT molecular complexity index is 1310. The summed E-state index contributed by atoms with van der Waals surface area (Å²) in [5.41, 5.74) is 1.91.